The molecule has 0 N–H and O–H groups in total. The molecule has 1 fully saturated rings. The third-order valence-corrected chi connectivity index (χ3v) is 3.13. The molecule has 2 rings (SSSR count). The molecule has 1 aliphatic carbocycles. The quantitative estimate of drug-likeness (QED) is 0.717. The van der Waals surface area contributed by atoms with Crippen LogP contribution in [0, 0.1) is 12.8 Å². The van der Waals surface area contributed by atoms with Crippen molar-refractivity contribution in [2.75, 3.05) is 7.11 Å². The van der Waals surface area contributed by atoms with Crippen LogP contribution < -0.4 is 0 Å². The lowest BCUT2D eigenvalue weighted by atomic mass is 9.79. The van der Waals surface area contributed by atoms with E-state index in [-0.39, 0.29) is 17.8 Å². The van der Waals surface area contributed by atoms with E-state index in [4.69, 9.17) is 9.15 Å². The van der Waals surface area contributed by atoms with Gasteiger partial charge in [0.25, 0.3) is 0 Å². The molecule has 88 valence electrons. The molecule has 0 spiro atoms. The molecule has 5 nitrogen and oxygen atoms in total. The molecule has 0 bridgehead atoms. The van der Waals surface area contributed by atoms with Gasteiger partial charge in [0, 0.05) is 6.92 Å². The minimum Gasteiger partial charge on any atom is -0.469 e. The number of ether oxygens (including phenoxy) is 1. The molecule has 1 heterocycles. The number of hydrogen-bond donors (Lipinski definition) is 0. The first-order valence-electron chi connectivity index (χ1n) is 5.60. The Morgan fingerprint density at radius 3 is 2.75 bits per heavy atom. The van der Waals surface area contributed by atoms with Crippen LogP contribution in [0.25, 0.3) is 0 Å². The van der Waals surface area contributed by atoms with Crippen molar-refractivity contribution in [3.63, 3.8) is 0 Å². The first-order valence-corrected chi connectivity index (χ1v) is 5.60. The number of aryl methyl sites for hydroxylation is 1. The average Bonchev–Trinajstić information content (AvgIpc) is 2.75. The molecular weight excluding hydrogens is 208 g/mol. The van der Waals surface area contributed by atoms with Gasteiger partial charge < -0.3 is 9.15 Å². The van der Waals surface area contributed by atoms with E-state index in [1.807, 2.05) is 0 Å². The number of aromatic nitrogens is 2. The number of rotatable bonds is 2. The molecule has 1 aromatic heterocycles. The molecule has 1 aliphatic rings. The van der Waals surface area contributed by atoms with E-state index in [1.165, 1.54) is 7.11 Å². The van der Waals surface area contributed by atoms with E-state index in [9.17, 15) is 4.79 Å². The van der Waals surface area contributed by atoms with Gasteiger partial charge in [0.15, 0.2) is 0 Å². The third kappa shape index (κ3) is 2.08. The predicted octanol–water partition coefficient (Wildman–Crippen LogP) is 1.82. The standard InChI is InChI=1S/C11H16N2O3/c1-7-12-13-10(16-7)8-5-3-4-6-9(8)11(14)15-2/h8-9H,3-6H2,1-2H3. The highest BCUT2D eigenvalue weighted by molar-refractivity contribution is 5.73. The van der Waals surface area contributed by atoms with Crippen molar-refractivity contribution in [1.82, 2.24) is 10.2 Å². The Labute approximate surface area is 94.2 Å². The summed E-state index contributed by atoms with van der Waals surface area (Å²) in [5.74, 6) is 0.860. The minimum atomic E-state index is -0.166. The van der Waals surface area contributed by atoms with Crippen LogP contribution in [0.5, 0.6) is 0 Å². The number of hydrogen-bond acceptors (Lipinski definition) is 5. The summed E-state index contributed by atoms with van der Waals surface area (Å²) in [6.45, 7) is 1.76. The van der Waals surface area contributed by atoms with Crippen LogP contribution in [0.4, 0.5) is 0 Å². The summed E-state index contributed by atoms with van der Waals surface area (Å²) >= 11 is 0. The molecule has 1 saturated carbocycles. The fraction of sp³-hybridized carbons (Fsp3) is 0.727. The lowest BCUT2D eigenvalue weighted by Gasteiger charge is -2.26. The summed E-state index contributed by atoms with van der Waals surface area (Å²) < 4.78 is 10.2. The second-order valence-electron chi connectivity index (χ2n) is 4.18. The maximum Gasteiger partial charge on any atom is 0.309 e. The van der Waals surface area contributed by atoms with Crippen LogP contribution in [-0.2, 0) is 9.53 Å². The van der Waals surface area contributed by atoms with Crippen LogP contribution in [0.1, 0.15) is 43.4 Å². The molecule has 0 aliphatic heterocycles. The fourth-order valence-electron chi connectivity index (χ4n) is 2.32. The highest BCUT2D eigenvalue weighted by Crippen LogP contribution is 2.37. The number of carbonyl (C=O) groups is 1. The zero-order chi connectivity index (χ0) is 11.5. The Bertz CT molecular complexity index is 375. The van der Waals surface area contributed by atoms with Crippen LogP contribution in [0.2, 0.25) is 0 Å². The van der Waals surface area contributed by atoms with Crippen molar-refractivity contribution in [2.24, 2.45) is 5.92 Å². The third-order valence-electron chi connectivity index (χ3n) is 3.13. The van der Waals surface area contributed by atoms with Crippen molar-refractivity contribution in [3.8, 4) is 0 Å². The van der Waals surface area contributed by atoms with E-state index in [0.29, 0.717) is 11.8 Å². The van der Waals surface area contributed by atoms with Gasteiger partial charge >= 0.3 is 5.97 Å². The van der Waals surface area contributed by atoms with Crippen LogP contribution in [-0.4, -0.2) is 23.3 Å². The summed E-state index contributed by atoms with van der Waals surface area (Å²) in [5.41, 5.74) is 0. The van der Waals surface area contributed by atoms with E-state index >= 15 is 0 Å². The summed E-state index contributed by atoms with van der Waals surface area (Å²) in [5, 5.41) is 7.82. The highest BCUT2D eigenvalue weighted by Gasteiger charge is 2.35. The first-order chi connectivity index (χ1) is 7.72. The maximum atomic E-state index is 11.6. The van der Waals surface area contributed by atoms with Gasteiger partial charge in [-0.15, -0.1) is 10.2 Å². The molecule has 5 heteroatoms. The summed E-state index contributed by atoms with van der Waals surface area (Å²) in [6, 6.07) is 0. The largest absolute Gasteiger partial charge is 0.469 e. The Kier molecular flexibility index (Phi) is 3.22. The van der Waals surface area contributed by atoms with Crippen molar-refractivity contribution in [2.45, 2.75) is 38.5 Å². The second kappa shape index (κ2) is 4.63. The van der Waals surface area contributed by atoms with Crippen molar-refractivity contribution < 1.29 is 13.9 Å². The number of esters is 1. The van der Waals surface area contributed by atoms with E-state index in [0.717, 1.165) is 25.7 Å². The normalized spacial score (nSPS) is 25.4. The Balaban J connectivity index is 2.19. The molecule has 0 amide bonds. The Morgan fingerprint density at radius 2 is 2.12 bits per heavy atom. The van der Waals surface area contributed by atoms with Gasteiger partial charge in [-0.3, -0.25) is 4.79 Å². The Hall–Kier alpha value is -1.39. The number of carbonyl (C=O) groups excluding carboxylic acids is 1. The molecule has 0 radical (unpaired) electrons. The first kappa shape index (κ1) is 11.1. The molecule has 1 aromatic rings. The monoisotopic (exact) mass is 224 g/mol. The lowest BCUT2D eigenvalue weighted by molar-refractivity contribution is -0.147. The summed E-state index contributed by atoms with van der Waals surface area (Å²) in [7, 11) is 1.42. The fourth-order valence-corrected chi connectivity index (χ4v) is 2.32. The summed E-state index contributed by atoms with van der Waals surface area (Å²) in [4.78, 5) is 11.6. The van der Waals surface area contributed by atoms with Gasteiger partial charge in [-0.2, -0.15) is 0 Å². The molecule has 0 saturated heterocycles. The average molecular weight is 224 g/mol. The minimum absolute atomic E-state index is 0.0300. The predicted molar refractivity (Wildman–Crippen MR) is 55.8 cm³/mol. The zero-order valence-electron chi connectivity index (χ0n) is 9.60. The van der Waals surface area contributed by atoms with Crippen molar-refractivity contribution in [3.05, 3.63) is 11.8 Å². The lowest BCUT2D eigenvalue weighted by Crippen LogP contribution is -2.27. The Morgan fingerprint density at radius 1 is 1.38 bits per heavy atom. The molecule has 0 aromatic carbocycles. The molecule has 2 atom stereocenters. The van der Waals surface area contributed by atoms with Gasteiger partial charge in [-0.1, -0.05) is 12.8 Å². The number of nitrogens with zero attached hydrogens (tertiary/aromatic N) is 2. The van der Waals surface area contributed by atoms with Crippen molar-refractivity contribution >= 4 is 5.97 Å². The van der Waals surface area contributed by atoms with Gasteiger partial charge in [-0.05, 0) is 12.8 Å². The SMILES string of the molecule is COC(=O)C1CCCCC1c1nnc(C)o1. The zero-order valence-corrected chi connectivity index (χ0v) is 9.60. The smallest absolute Gasteiger partial charge is 0.309 e. The maximum absolute atomic E-state index is 11.6. The van der Waals surface area contributed by atoms with Gasteiger partial charge in [0.2, 0.25) is 11.8 Å². The van der Waals surface area contributed by atoms with Crippen LogP contribution in [0.3, 0.4) is 0 Å². The topological polar surface area (TPSA) is 65.2 Å². The van der Waals surface area contributed by atoms with E-state index < -0.39 is 0 Å². The molecular formula is C11H16N2O3. The van der Waals surface area contributed by atoms with Crippen LogP contribution >= 0.6 is 0 Å². The molecule has 2 unspecified atom stereocenters. The van der Waals surface area contributed by atoms with Gasteiger partial charge in [-0.25, -0.2) is 0 Å². The number of methoxy groups -OCH3 is 1. The van der Waals surface area contributed by atoms with Gasteiger partial charge in [0.1, 0.15) is 0 Å². The van der Waals surface area contributed by atoms with E-state index in [1.54, 1.807) is 6.92 Å². The van der Waals surface area contributed by atoms with Gasteiger partial charge in [0.05, 0.1) is 18.9 Å². The van der Waals surface area contributed by atoms with Crippen molar-refractivity contribution in [1.29, 1.82) is 0 Å². The summed E-state index contributed by atoms with van der Waals surface area (Å²) in [6.07, 6.45) is 3.92. The van der Waals surface area contributed by atoms with E-state index in [2.05, 4.69) is 10.2 Å². The second-order valence-corrected chi connectivity index (χ2v) is 4.18. The molecule has 16 heavy (non-hydrogen) atoms. The van der Waals surface area contributed by atoms with Crippen LogP contribution in [0.15, 0.2) is 4.42 Å². The highest BCUT2D eigenvalue weighted by atomic mass is 16.5.